The molecule has 0 aliphatic carbocycles. The summed E-state index contributed by atoms with van der Waals surface area (Å²) < 4.78 is 0. The summed E-state index contributed by atoms with van der Waals surface area (Å²) in [5, 5.41) is 5.97. The molecule has 0 amide bonds. The number of benzene rings is 5. The zero-order valence-electron chi connectivity index (χ0n) is 22.9. The number of rotatable bonds is 8. The van der Waals surface area contributed by atoms with Gasteiger partial charge in [0.05, 0.1) is 0 Å². The fraction of sp³-hybridized carbons (Fsp3) is 0.167. The van der Waals surface area contributed by atoms with Gasteiger partial charge < -0.3 is 0 Å². The van der Waals surface area contributed by atoms with E-state index >= 15 is 0 Å². The van der Waals surface area contributed by atoms with Gasteiger partial charge in [-0.3, -0.25) is 0 Å². The van der Waals surface area contributed by atoms with Crippen LogP contribution in [0.3, 0.4) is 0 Å². The first kappa shape index (κ1) is 26.6. The molecule has 0 heterocycles. The minimum Gasteiger partial charge on any atom is -0.0620 e. The van der Waals surface area contributed by atoms with Crippen LogP contribution in [-0.2, 0) is 12.3 Å². The molecule has 0 spiro atoms. The van der Waals surface area contributed by atoms with Gasteiger partial charge in [-0.05, 0) is 98.1 Å². The zero-order valence-corrected chi connectivity index (χ0v) is 24.6. The molecule has 190 valence electrons. The third-order valence-electron chi connectivity index (χ3n) is 7.40. The Morgan fingerprint density at radius 1 is 0.342 bits per heavy atom. The van der Waals surface area contributed by atoms with E-state index in [0.717, 1.165) is 12.3 Å². The lowest BCUT2D eigenvalue weighted by Gasteiger charge is -2.26. The van der Waals surface area contributed by atoms with E-state index in [1.165, 1.54) is 54.6 Å². The van der Waals surface area contributed by atoms with Crippen LogP contribution in [0.25, 0.3) is 0 Å². The third kappa shape index (κ3) is 5.83. The molecule has 2 heteroatoms. The van der Waals surface area contributed by atoms with E-state index in [-0.39, 0.29) is 0 Å². The van der Waals surface area contributed by atoms with Gasteiger partial charge in [0.1, 0.15) is 0 Å². The highest BCUT2D eigenvalue weighted by atomic mass is 31.1. The zero-order chi connectivity index (χ0) is 26.5. The highest BCUT2D eigenvalue weighted by Crippen LogP contribution is 2.44. The molecular formula is C36H36P2. The average molecular weight is 531 g/mol. The summed E-state index contributed by atoms with van der Waals surface area (Å²) in [7, 11) is -1.05. The lowest BCUT2D eigenvalue weighted by molar-refractivity contribution is 1.27. The molecule has 0 radical (unpaired) electrons. The first-order valence-electron chi connectivity index (χ1n) is 13.4. The Kier molecular flexibility index (Phi) is 8.54. The third-order valence-corrected chi connectivity index (χ3v) is 13.0. The second-order valence-electron chi connectivity index (χ2n) is 10.1. The summed E-state index contributed by atoms with van der Waals surface area (Å²) in [6.45, 7) is 9.07. The number of aryl methyl sites for hydroxylation is 4. The van der Waals surface area contributed by atoms with Crippen molar-refractivity contribution in [2.45, 2.75) is 40.0 Å². The van der Waals surface area contributed by atoms with Crippen molar-refractivity contribution in [2.75, 3.05) is 0 Å². The molecule has 0 saturated heterocycles. The molecule has 0 unspecified atom stereocenters. The summed E-state index contributed by atoms with van der Waals surface area (Å²) in [6.07, 6.45) is 2.12. The average Bonchev–Trinajstić information content (AvgIpc) is 2.93. The van der Waals surface area contributed by atoms with Gasteiger partial charge in [0, 0.05) is 12.3 Å². The van der Waals surface area contributed by atoms with Gasteiger partial charge in [0.25, 0.3) is 0 Å². The van der Waals surface area contributed by atoms with E-state index in [2.05, 4.69) is 149 Å². The maximum atomic E-state index is 2.38. The Labute approximate surface area is 231 Å². The normalized spacial score (nSPS) is 11.3. The molecular weight excluding hydrogens is 494 g/mol. The van der Waals surface area contributed by atoms with Gasteiger partial charge in [-0.25, -0.2) is 0 Å². The molecule has 0 bridgehead atoms. The lowest BCUT2D eigenvalue weighted by atomic mass is 10.1. The fourth-order valence-electron chi connectivity index (χ4n) is 5.27. The van der Waals surface area contributed by atoms with Crippen molar-refractivity contribution in [3.8, 4) is 0 Å². The maximum absolute atomic E-state index is 2.38. The van der Waals surface area contributed by atoms with Gasteiger partial charge in [-0.15, -0.1) is 0 Å². The largest absolute Gasteiger partial charge is 0.0620 e. The first-order valence-corrected chi connectivity index (χ1v) is 16.4. The van der Waals surface area contributed by atoms with Crippen LogP contribution in [0.15, 0.2) is 121 Å². The molecule has 5 aromatic rings. The van der Waals surface area contributed by atoms with Crippen LogP contribution in [0.5, 0.6) is 0 Å². The molecule has 0 aliphatic heterocycles. The molecule has 0 aliphatic rings. The molecule has 0 aromatic heterocycles. The molecule has 0 saturated carbocycles. The second-order valence-corrected chi connectivity index (χ2v) is 14.4. The van der Waals surface area contributed by atoms with E-state index in [0.29, 0.717) is 0 Å². The topological polar surface area (TPSA) is 0 Å². The van der Waals surface area contributed by atoms with Crippen molar-refractivity contribution < 1.29 is 0 Å². The van der Waals surface area contributed by atoms with E-state index in [9.17, 15) is 0 Å². The van der Waals surface area contributed by atoms with E-state index < -0.39 is 15.8 Å². The molecule has 0 atom stereocenters. The van der Waals surface area contributed by atoms with Crippen LogP contribution in [0.1, 0.15) is 33.4 Å². The molecule has 5 rings (SSSR count). The van der Waals surface area contributed by atoms with E-state index in [1.54, 1.807) is 0 Å². The van der Waals surface area contributed by atoms with Gasteiger partial charge in [0.15, 0.2) is 0 Å². The van der Waals surface area contributed by atoms with Gasteiger partial charge >= 0.3 is 0 Å². The Bertz CT molecular complexity index is 1330. The van der Waals surface area contributed by atoms with Gasteiger partial charge in [-0.2, -0.15) is 0 Å². The smallest absolute Gasteiger partial charge is 0.00105 e. The monoisotopic (exact) mass is 530 g/mol. The summed E-state index contributed by atoms with van der Waals surface area (Å²) in [6, 6.07) is 45.2. The van der Waals surface area contributed by atoms with Crippen LogP contribution < -0.4 is 21.2 Å². The Morgan fingerprint density at radius 2 is 0.579 bits per heavy atom. The van der Waals surface area contributed by atoms with Crippen molar-refractivity contribution in [1.29, 1.82) is 0 Å². The quantitative estimate of drug-likeness (QED) is 0.178. The fourth-order valence-corrected chi connectivity index (χ4v) is 10.8. The van der Waals surface area contributed by atoms with Gasteiger partial charge in [0.2, 0.25) is 0 Å². The summed E-state index contributed by atoms with van der Waals surface area (Å²) in [5.74, 6) is 0. The van der Waals surface area contributed by atoms with Crippen molar-refractivity contribution in [3.63, 3.8) is 0 Å². The highest BCUT2D eigenvalue weighted by Gasteiger charge is 2.23. The minimum absolute atomic E-state index is 0.524. The maximum Gasteiger partial charge on any atom is 0.00105 e. The highest BCUT2D eigenvalue weighted by molar-refractivity contribution is 7.73. The minimum atomic E-state index is -0.524. The molecule has 38 heavy (non-hydrogen) atoms. The van der Waals surface area contributed by atoms with Crippen molar-refractivity contribution in [3.05, 3.63) is 155 Å². The lowest BCUT2D eigenvalue weighted by Crippen LogP contribution is -2.19. The predicted octanol–water partition coefficient (Wildman–Crippen LogP) is 8.19. The molecule has 0 N–H and O–H groups in total. The van der Waals surface area contributed by atoms with Crippen LogP contribution in [0.2, 0.25) is 0 Å². The van der Waals surface area contributed by atoms with Crippen LogP contribution in [0, 0.1) is 27.7 Å². The Hall–Kier alpha value is -3.04. The SMILES string of the molecule is Cc1ccccc1P(Cc1ccccc1CP(c1ccccc1C)c1ccccc1C)c1ccccc1C. The van der Waals surface area contributed by atoms with Crippen molar-refractivity contribution in [1.82, 2.24) is 0 Å². The molecule has 0 fully saturated rings. The Morgan fingerprint density at radius 3 is 0.842 bits per heavy atom. The first-order chi connectivity index (χ1) is 18.5. The molecule has 5 aromatic carbocycles. The van der Waals surface area contributed by atoms with Crippen molar-refractivity contribution >= 4 is 37.1 Å². The van der Waals surface area contributed by atoms with E-state index in [1.807, 2.05) is 0 Å². The number of hydrogen-bond acceptors (Lipinski definition) is 0. The molecule has 0 nitrogen and oxygen atoms in total. The number of hydrogen-bond donors (Lipinski definition) is 0. The standard InChI is InChI=1S/C36H36P2/c1-27-15-5-11-21-33(27)37(34-22-12-6-16-28(34)2)25-31-19-9-10-20-32(31)26-38(35-23-13-7-17-29(35)3)36-24-14-8-18-30(36)4/h5-24H,25-26H2,1-4H3. The van der Waals surface area contributed by atoms with Crippen LogP contribution >= 0.6 is 15.8 Å². The Balaban J connectivity index is 1.59. The summed E-state index contributed by atoms with van der Waals surface area (Å²) >= 11 is 0. The summed E-state index contributed by atoms with van der Waals surface area (Å²) in [5.41, 5.74) is 8.53. The van der Waals surface area contributed by atoms with Crippen LogP contribution in [-0.4, -0.2) is 0 Å². The van der Waals surface area contributed by atoms with Gasteiger partial charge in [-0.1, -0.05) is 121 Å². The predicted molar refractivity (Wildman–Crippen MR) is 171 cm³/mol. The second kappa shape index (κ2) is 12.2. The van der Waals surface area contributed by atoms with Crippen LogP contribution in [0.4, 0.5) is 0 Å². The van der Waals surface area contributed by atoms with E-state index in [4.69, 9.17) is 0 Å². The van der Waals surface area contributed by atoms with Crippen molar-refractivity contribution in [2.24, 2.45) is 0 Å². The summed E-state index contributed by atoms with van der Waals surface area (Å²) in [4.78, 5) is 0.